The Bertz CT molecular complexity index is 2880. The number of carbonyl (C=O) groups excluding carboxylic acids is 2. The predicted molar refractivity (Wildman–Crippen MR) is 245 cm³/mol. The zero-order valence-electron chi connectivity index (χ0n) is 37.3. The Balaban J connectivity index is 0.717. The van der Waals surface area contributed by atoms with Crippen LogP contribution in [0.15, 0.2) is 63.1 Å². The number of hydrogen-bond acceptors (Lipinski definition) is 11. The van der Waals surface area contributed by atoms with Crippen LogP contribution in [0.1, 0.15) is 118 Å². The first-order valence-electron chi connectivity index (χ1n) is 23.2. The lowest BCUT2D eigenvalue weighted by Gasteiger charge is -2.36. The smallest absolute Gasteiger partial charge is 0.329 e. The highest BCUT2D eigenvalue weighted by Crippen LogP contribution is 2.35. The van der Waals surface area contributed by atoms with Gasteiger partial charge >= 0.3 is 5.69 Å². The van der Waals surface area contributed by atoms with Gasteiger partial charge in [-0.05, 0) is 137 Å². The quantitative estimate of drug-likeness (QED) is 0.0842. The van der Waals surface area contributed by atoms with Crippen LogP contribution in [0.5, 0.6) is 0 Å². The summed E-state index contributed by atoms with van der Waals surface area (Å²) in [6.07, 6.45) is 8.30. The Hall–Kier alpha value is -5.37. The van der Waals surface area contributed by atoms with Crippen molar-refractivity contribution < 1.29 is 31.5 Å². The van der Waals surface area contributed by atoms with Crippen LogP contribution in [0.25, 0.3) is 22.1 Å². The number of amides is 2. The molecule has 4 fully saturated rings. The molecule has 19 heteroatoms. The van der Waals surface area contributed by atoms with E-state index >= 15 is 0 Å². The first kappa shape index (κ1) is 45.8. The van der Waals surface area contributed by atoms with Crippen molar-refractivity contribution in [3.63, 3.8) is 0 Å². The van der Waals surface area contributed by atoms with E-state index in [0.717, 1.165) is 82.6 Å². The molecule has 2 aliphatic carbocycles. The number of nitrogens with zero attached hydrogens (tertiary/aromatic N) is 6. The van der Waals surface area contributed by atoms with Gasteiger partial charge in [-0.15, -0.1) is 0 Å². The number of ether oxygens (including phenoxy) is 1. The number of carbonyl (C=O) groups is 2. The van der Waals surface area contributed by atoms with Crippen LogP contribution in [0, 0.1) is 12.8 Å². The predicted octanol–water partition coefficient (Wildman–Crippen LogP) is 6.26. The van der Waals surface area contributed by atoms with Gasteiger partial charge in [-0.2, -0.15) is 4.98 Å². The van der Waals surface area contributed by atoms with Crippen molar-refractivity contribution in [3.05, 3.63) is 86.2 Å². The number of hydrogen-bond donors (Lipinski definition) is 3. The van der Waals surface area contributed by atoms with E-state index in [1.54, 1.807) is 30.7 Å². The first-order chi connectivity index (χ1) is 31.7. The molecule has 9 rings (SSSR count). The number of fused-ring (bicyclic) bond motifs is 2. The molecule has 5 heterocycles. The minimum absolute atomic E-state index is 0.0800. The van der Waals surface area contributed by atoms with Crippen molar-refractivity contribution in [2.24, 2.45) is 13.0 Å². The molecule has 0 radical (unpaired) electrons. The number of sulfonamides is 1. The van der Waals surface area contributed by atoms with Gasteiger partial charge in [0.25, 0.3) is 12.0 Å². The third-order valence-electron chi connectivity index (χ3n) is 14.2. The lowest BCUT2D eigenvalue weighted by Crippen LogP contribution is -2.44. The normalized spacial score (nSPS) is 21.6. The van der Waals surface area contributed by atoms with Crippen molar-refractivity contribution in [1.29, 1.82) is 0 Å². The molecule has 5 aromatic rings. The van der Waals surface area contributed by atoms with Gasteiger partial charge < -0.3 is 15.0 Å². The number of alkyl halides is 2. The van der Waals surface area contributed by atoms with E-state index < -0.39 is 39.5 Å². The molecular formula is C47H57F2N9O7S. The van der Waals surface area contributed by atoms with E-state index in [2.05, 4.69) is 42.4 Å². The van der Waals surface area contributed by atoms with Crippen molar-refractivity contribution in [2.75, 3.05) is 38.1 Å². The van der Waals surface area contributed by atoms with Gasteiger partial charge in [0, 0.05) is 49.9 Å². The maximum absolute atomic E-state index is 13.8. The summed E-state index contributed by atoms with van der Waals surface area (Å²) in [6, 6.07) is 11.0. The van der Waals surface area contributed by atoms with Gasteiger partial charge in [0.15, 0.2) is 0 Å². The van der Waals surface area contributed by atoms with Crippen LogP contribution < -0.4 is 26.6 Å². The molecule has 2 aromatic carbocycles. The van der Waals surface area contributed by atoms with Crippen LogP contribution in [-0.2, 0) is 31.4 Å². The number of nitrogens with one attached hydrogen (secondary N) is 3. The number of likely N-dealkylation sites (tertiary alicyclic amines) is 1. The van der Waals surface area contributed by atoms with Crippen molar-refractivity contribution >= 4 is 55.5 Å². The number of halogens is 2. The fourth-order valence-corrected chi connectivity index (χ4v) is 11.7. The van der Waals surface area contributed by atoms with Gasteiger partial charge in [-0.1, -0.05) is 18.9 Å². The van der Waals surface area contributed by atoms with E-state index in [4.69, 9.17) is 4.74 Å². The number of rotatable bonds is 14. The minimum Gasteiger partial charge on any atom is -0.377 e. The van der Waals surface area contributed by atoms with Gasteiger partial charge in [0.05, 0.1) is 34.2 Å². The number of benzene rings is 2. The van der Waals surface area contributed by atoms with E-state index in [-0.39, 0.29) is 59.8 Å². The van der Waals surface area contributed by atoms with E-state index in [0.29, 0.717) is 53.3 Å². The molecule has 3 aromatic heterocycles. The summed E-state index contributed by atoms with van der Waals surface area (Å²) >= 11 is 0. The molecule has 1 unspecified atom stereocenters. The molecule has 4 aliphatic rings. The lowest BCUT2D eigenvalue weighted by atomic mass is 9.85. The van der Waals surface area contributed by atoms with Crippen LogP contribution >= 0.6 is 0 Å². The Morgan fingerprint density at radius 3 is 2.36 bits per heavy atom. The molecule has 2 aliphatic heterocycles. The maximum atomic E-state index is 13.8. The number of aryl methyl sites for hydroxylation is 2. The summed E-state index contributed by atoms with van der Waals surface area (Å²) in [5, 5.41) is 5.82. The molecule has 3 N–H and O–H groups in total. The first-order valence-corrected chi connectivity index (χ1v) is 24.7. The maximum Gasteiger partial charge on any atom is 0.329 e. The molecule has 16 nitrogen and oxygen atoms in total. The minimum atomic E-state index is -3.83. The van der Waals surface area contributed by atoms with E-state index in [1.165, 1.54) is 27.0 Å². The fraction of sp³-hybridized carbons (Fsp3) is 0.532. The third kappa shape index (κ3) is 9.44. The molecule has 66 heavy (non-hydrogen) atoms. The van der Waals surface area contributed by atoms with E-state index in [1.807, 2.05) is 6.07 Å². The van der Waals surface area contributed by atoms with Gasteiger partial charge in [0.2, 0.25) is 27.8 Å². The van der Waals surface area contributed by atoms with Gasteiger partial charge in [-0.25, -0.2) is 31.7 Å². The Morgan fingerprint density at radius 1 is 0.894 bits per heavy atom. The monoisotopic (exact) mass is 929 g/mol. The molecule has 2 amide bonds. The zero-order chi connectivity index (χ0) is 46.3. The summed E-state index contributed by atoms with van der Waals surface area (Å²) in [6.45, 7) is 5.17. The lowest BCUT2D eigenvalue weighted by molar-refractivity contribution is -0.135. The molecule has 1 atom stereocenters. The van der Waals surface area contributed by atoms with Crippen LogP contribution in [0.3, 0.4) is 0 Å². The van der Waals surface area contributed by atoms with E-state index in [9.17, 15) is 36.4 Å². The highest BCUT2D eigenvalue weighted by molar-refractivity contribution is 7.89. The summed E-state index contributed by atoms with van der Waals surface area (Å²) in [5.41, 5.74) is 2.58. The van der Waals surface area contributed by atoms with Crippen molar-refractivity contribution in [2.45, 2.75) is 119 Å². The zero-order valence-corrected chi connectivity index (χ0v) is 38.1. The largest absolute Gasteiger partial charge is 0.377 e. The summed E-state index contributed by atoms with van der Waals surface area (Å²) < 4.78 is 67.4. The highest BCUT2D eigenvalue weighted by atomic mass is 32.2. The molecular weight excluding hydrogens is 873 g/mol. The summed E-state index contributed by atoms with van der Waals surface area (Å²) in [7, 11) is -2.10. The second-order valence-corrected chi connectivity index (χ2v) is 20.3. The Morgan fingerprint density at radius 2 is 1.65 bits per heavy atom. The van der Waals surface area contributed by atoms with Crippen LogP contribution in [-0.4, -0.2) is 87.7 Å². The van der Waals surface area contributed by atoms with Gasteiger partial charge in [0.1, 0.15) is 11.7 Å². The SMILES string of the molecule is Cc1cc(S(=O)(=O)NCCOC2CCC(CN3CCC(c4ccc5c(c4)n(C)c(=O)n5C4CCC(=O)NC4=O)CC3)CC2)ccc1Nc1ncc2cc(C(F)F)c(=O)n(C3CCCC3)c2n1. The molecule has 0 bridgehead atoms. The van der Waals surface area contributed by atoms with Gasteiger partial charge in [-0.3, -0.25) is 33.4 Å². The molecule has 352 valence electrons. The number of imidazole rings is 1. The molecule has 2 saturated heterocycles. The fourth-order valence-electron chi connectivity index (χ4n) is 10.6. The third-order valence-corrected chi connectivity index (χ3v) is 15.7. The number of imide groups is 1. The van der Waals surface area contributed by atoms with Crippen molar-refractivity contribution in [1.82, 2.24) is 38.6 Å². The van der Waals surface area contributed by atoms with Crippen LogP contribution in [0.2, 0.25) is 0 Å². The standard InChI is InChI=1S/C47H57F2N9O7S/c1-28-23-35(12-13-37(28)52-46-50-26-32-24-36(42(48)49)45(61)57(43(32)54-46)33-5-3-4-6-33)66(63,64)51-19-22-65-34-10-7-29(8-11-34)27-56-20-17-30(18-21-56)31-9-14-38-40(25-31)55(2)47(62)58(38)39-15-16-41(59)53-44(39)60/h9,12-14,23-26,29-30,33-34,39,42,51H,3-8,10-11,15-22,27H2,1-2H3,(H,50,52,54)(H,53,59,60). The number of piperidine rings is 2. The average Bonchev–Trinajstić information content (AvgIpc) is 3.92. The second kappa shape index (κ2) is 19.1. The molecule has 0 spiro atoms. The Kier molecular flexibility index (Phi) is 13.2. The average molecular weight is 930 g/mol. The molecule has 2 saturated carbocycles. The number of aromatic nitrogens is 5. The van der Waals surface area contributed by atoms with Crippen molar-refractivity contribution in [3.8, 4) is 0 Å². The van der Waals surface area contributed by atoms with Crippen LogP contribution in [0.4, 0.5) is 20.4 Å². The summed E-state index contributed by atoms with van der Waals surface area (Å²) in [4.78, 5) is 62.2. The summed E-state index contributed by atoms with van der Waals surface area (Å²) in [5.74, 6) is 0.364. The number of pyridine rings is 1. The number of anilines is 2. The topological polar surface area (TPSA) is 192 Å². The Labute approximate surface area is 381 Å². The highest BCUT2D eigenvalue weighted by Gasteiger charge is 2.33. The second-order valence-electron chi connectivity index (χ2n) is 18.5.